The summed E-state index contributed by atoms with van der Waals surface area (Å²) in [6.45, 7) is 6.59. The SMILES string of the molecule is CC(N)C(=O)OC(C)(C)Cc1ccc(Cl)cc1.CN(C)[C@@H]1C(O)=C(C(N)=O)C(=O)[C@@]2(O)C(O)=C3C(=O)c4c(O)cccc4[C@@](C)(O)[C@H]3[C@H](O)[C@@H]12.Cl. The maximum absolute atomic E-state index is 13.3. The Hall–Kier alpha value is -4.02. The highest BCUT2D eigenvalue weighted by Crippen LogP contribution is 2.56. The quantitative estimate of drug-likeness (QED) is 0.155. The van der Waals surface area contributed by atoms with Crippen molar-refractivity contribution in [3.63, 3.8) is 0 Å². The Morgan fingerprint density at radius 2 is 1.63 bits per heavy atom. The molecule has 0 bridgehead atoms. The molecule has 14 nitrogen and oxygen atoms in total. The van der Waals surface area contributed by atoms with Crippen LogP contribution in [0.4, 0.5) is 0 Å². The molecule has 1 amide bonds. The number of ether oxygens (including phenoxy) is 1. The van der Waals surface area contributed by atoms with Gasteiger partial charge in [0, 0.05) is 11.4 Å². The van der Waals surface area contributed by atoms with E-state index in [2.05, 4.69) is 0 Å². The number of hydrogen-bond acceptors (Lipinski definition) is 13. The molecule has 0 radical (unpaired) electrons. The molecule has 2 aromatic rings. The van der Waals surface area contributed by atoms with Gasteiger partial charge in [-0.3, -0.25) is 24.1 Å². The number of Topliss-reactive ketones (excluding diaryl/α,β-unsaturated/α-hetero) is 2. The molecular formula is C35H43Cl2N3O11. The van der Waals surface area contributed by atoms with E-state index in [4.69, 9.17) is 27.8 Å². The average molecular weight is 753 g/mol. The predicted octanol–water partition coefficient (Wildman–Crippen LogP) is 1.73. The van der Waals surface area contributed by atoms with Gasteiger partial charge in [-0.2, -0.15) is 0 Å². The normalized spacial score (nSPS) is 27.7. The molecule has 2 aromatic carbocycles. The Kier molecular flexibility index (Phi) is 11.8. The lowest BCUT2D eigenvalue weighted by Crippen LogP contribution is -2.70. The van der Waals surface area contributed by atoms with Crippen LogP contribution in [0.2, 0.25) is 5.02 Å². The van der Waals surface area contributed by atoms with E-state index in [1.807, 2.05) is 38.1 Å². The van der Waals surface area contributed by atoms with E-state index in [0.717, 1.165) is 5.56 Å². The summed E-state index contributed by atoms with van der Waals surface area (Å²) in [5.41, 5.74) is 4.08. The minimum Gasteiger partial charge on any atom is -0.510 e. The number of amides is 1. The zero-order chi connectivity index (χ0) is 37.8. The van der Waals surface area contributed by atoms with Gasteiger partial charge in [-0.15, -0.1) is 12.4 Å². The summed E-state index contributed by atoms with van der Waals surface area (Å²) in [6, 6.07) is 9.42. The van der Waals surface area contributed by atoms with Crippen LogP contribution in [0.5, 0.6) is 5.75 Å². The second kappa shape index (κ2) is 14.5. The van der Waals surface area contributed by atoms with Crippen LogP contribution in [-0.2, 0) is 31.1 Å². The number of hydrogen-bond donors (Lipinski definition) is 8. The van der Waals surface area contributed by atoms with Gasteiger partial charge in [-0.1, -0.05) is 35.9 Å². The Labute approximate surface area is 305 Å². The topological polar surface area (TPSA) is 254 Å². The highest BCUT2D eigenvalue weighted by Gasteiger charge is 2.69. The highest BCUT2D eigenvalue weighted by atomic mass is 35.5. The first-order valence-electron chi connectivity index (χ1n) is 15.6. The van der Waals surface area contributed by atoms with E-state index >= 15 is 0 Å². The van der Waals surface area contributed by atoms with Crippen LogP contribution < -0.4 is 11.5 Å². The van der Waals surface area contributed by atoms with Crippen LogP contribution >= 0.6 is 24.0 Å². The number of likely N-dealkylation sites (N-methyl/N-ethyl adjacent to an activating group) is 1. The van der Waals surface area contributed by atoms with Crippen molar-refractivity contribution >= 4 is 47.5 Å². The summed E-state index contributed by atoms with van der Waals surface area (Å²) >= 11 is 5.81. The molecule has 278 valence electrons. The zero-order valence-electron chi connectivity index (χ0n) is 28.7. The van der Waals surface area contributed by atoms with Gasteiger partial charge >= 0.3 is 5.97 Å². The lowest BCUT2D eigenvalue weighted by Gasteiger charge is -2.55. The average Bonchev–Trinajstić information content (AvgIpc) is 3.00. The highest BCUT2D eigenvalue weighted by molar-refractivity contribution is 6.30. The number of carbonyl (C=O) groups is 4. The molecule has 16 heteroatoms. The van der Waals surface area contributed by atoms with Crippen molar-refractivity contribution in [2.24, 2.45) is 23.3 Å². The summed E-state index contributed by atoms with van der Waals surface area (Å²) in [4.78, 5) is 51.2. The third-order valence-corrected chi connectivity index (χ3v) is 9.58. The molecule has 51 heavy (non-hydrogen) atoms. The van der Waals surface area contributed by atoms with Gasteiger partial charge in [0.1, 0.15) is 34.5 Å². The van der Waals surface area contributed by atoms with E-state index in [0.29, 0.717) is 11.4 Å². The minimum atomic E-state index is -3.02. The second-order valence-electron chi connectivity index (χ2n) is 13.8. The first-order valence-corrected chi connectivity index (χ1v) is 16.0. The van der Waals surface area contributed by atoms with Gasteiger partial charge in [-0.05, 0) is 71.1 Å². The Balaban J connectivity index is 0.000000331. The van der Waals surface area contributed by atoms with Crippen molar-refractivity contribution < 1.29 is 54.6 Å². The molecule has 0 aliphatic heterocycles. The molecule has 0 fully saturated rings. The van der Waals surface area contributed by atoms with Crippen LogP contribution in [0.25, 0.3) is 0 Å². The minimum absolute atomic E-state index is 0. The number of carbonyl (C=O) groups excluding carboxylic acids is 4. The molecule has 7 atom stereocenters. The molecule has 0 heterocycles. The molecule has 0 saturated carbocycles. The fourth-order valence-electron chi connectivity index (χ4n) is 7.10. The van der Waals surface area contributed by atoms with Gasteiger partial charge in [0.25, 0.3) is 5.91 Å². The largest absolute Gasteiger partial charge is 0.510 e. The number of phenols is 1. The van der Waals surface area contributed by atoms with E-state index in [1.54, 1.807) is 6.92 Å². The molecule has 0 aromatic heterocycles. The van der Waals surface area contributed by atoms with E-state index < -0.39 is 92.7 Å². The lowest BCUT2D eigenvalue weighted by molar-refractivity contribution is -0.173. The summed E-state index contributed by atoms with van der Waals surface area (Å²) in [7, 11) is 2.85. The number of benzene rings is 2. The van der Waals surface area contributed by atoms with Crippen molar-refractivity contribution in [2.75, 3.05) is 14.1 Å². The number of aliphatic hydroxyl groups excluding tert-OH is 3. The number of aliphatic hydroxyl groups is 5. The molecule has 0 spiro atoms. The van der Waals surface area contributed by atoms with Gasteiger partial charge in [0.15, 0.2) is 11.4 Å². The number of primary amides is 1. The zero-order valence-corrected chi connectivity index (χ0v) is 30.3. The number of aromatic hydroxyl groups is 1. The molecule has 5 rings (SSSR count). The van der Waals surface area contributed by atoms with E-state index in [1.165, 1.54) is 44.1 Å². The van der Waals surface area contributed by atoms with Crippen LogP contribution in [0.15, 0.2) is 65.1 Å². The first kappa shape index (κ1) is 41.4. The van der Waals surface area contributed by atoms with Crippen molar-refractivity contribution in [1.82, 2.24) is 4.90 Å². The number of phenolic OH excluding ortho intramolecular Hbond substituents is 1. The van der Waals surface area contributed by atoms with Crippen LogP contribution in [0, 0.1) is 11.8 Å². The van der Waals surface area contributed by atoms with Crippen LogP contribution in [0.1, 0.15) is 49.2 Å². The summed E-state index contributed by atoms with van der Waals surface area (Å²) in [5, 5.41) is 67.2. The smallest absolute Gasteiger partial charge is 0.323 e. The summed E-state index contributed by atoms with van der Waals surface area (Å²) in [6.07, 6.45) is -1.24. The molecule has 1 unspecified atom stereocenters. The fraction of sp³-hybridized carbons (Fsp3) is 0.429. The summed E-state index contributed by atoms with van der Waals surface area (Å²) < 4.78 is 5.34. The maximum Gasteiger partial charge on any atom is 0.323 e. The number of rotatable bonds is 6. The Morgan fingerprint density at radius 1 is 1.06 bits per heavy atom. The van der Waals surface area contributed by atoms with E-state index in [-0.39, 0.29) is 29.5 Å². The molecule has 10 N–H and O–H groups in total. The van der Waals surface area contributed by atoms with Gasteiger partial charge < -0.3 is 46.8 Å². The predicted molar refractivity (Wildman–Crippen MR) is 187 cm³/mol. The first-order chi connectivity index (χ1) is 23.0. The number of ketones is 2. The Bertz CT molecular complexity index is 1800. The lowest BCUT2D eigenvalue weighted by atomic mass is 9.54. The van der Waals surface area contributed by atoms with Crippen molar-refractivity contribution in [2.45, 2.75) is 69.1 Å². The van der Waals surface area contributed by atoms with E-state index in [9.17, 15) is 49.8 Å². The van der Waals surface area contributed by atoms with Gasteiger partial charge in [0.2, 0.25) is 5.78 Å². The van der Waals surface area contributed by atoms with Crippen molar-refractivity contribution in [3.8, 4) is 5.75 Å². The van der Waals surface area contributed by atoms with Crippen molar-refractivity contribution in [3.05, 3.63) is 86.8 Å². The molecule has 0 saturated heterocycles. The summed E-state index contributed by atoms with van der Waals surface area (Å²) in [5.74, 6) is -10.0. The van der Waals surface area contributed by atoms with Crippen LogP contribution in [-0.4, -0.2) is 102 Å². The molecule has 3 aliphatic rings. The third-order valence-electron chi connectivity index (χ3n) is 9.33. The maximum atomic E-state index is 13.3. The number of nitrogens with zero attached hydrogens (tertiary/aromatic N) is 1. The standard InChI is InChI=1S/C22H24N2O9.C13H18ClNO2.ClH/c1-21(32)7-5-4-6-8(25)9(7)15(26)10-12(21)17(28)13-14(24(2)3)16(27)11(20(23)31)19(30)22(13,33)18(10)29;1-9(15)12(16)17-13(2,3)8-10-4-6-11(14)7-5-10;/h4-6,12-14,17,25,27-29,32-33H,1-3H3,(H2,23,31);4-7,9H,8,15H2,1-3H3;1H/t12-,13-,14+,17+,21-,22+;;/m1../s1. The monoisotopic (exact) mass is 751 g/mol. The number of halogens is 2. The molecular weight excluding hydrogens is 709 g/mol. The third kappa shape index (κ3) is 7.09. The number of fused-ring (bicyclic) bond motifs is 3. The van der Waals surface area contributed by atoms with Gasteiger partial charge in [-0.25, -0.2) is 0 Å². The number of nitrogens with two attached hydrogens (primary N) is 2. The second-order valence-corrected chi connectivity index (χ2v) is 14.3. The van der Waals surface area contributed by atoms with Crippen LogP contribution in [0.3, 0.4) is 0 Å². The molecule has 3 aliphatic carbocycles. The van der Waals surface area contributed by atoms with Gasteiger partial charge in [0.05, 0.1) is 40.7 Å². The van der Waals surface area contributed by atoms with Crippen molar-refractivity contribution in [1.29, 1.82) is 0 Å². The fourth-order valence-corrected chi connectivity index (χ4v) is 7.22. The Morgan fingerprint density at radius 3 is 2.14 bits per heavy atom. The number of esters is 1.